The number of aromatic nitrogens is 6. The Morgan fingerprint density at radius 1 is 1.24 bits per heavy atom. The molecule has 4 aromatic rings. The van der Waals surface area contributed by atoms with Crippen molar-refractivity contribution in [2.75, 3.05) is 16.7 Å². The van der Waals surface area contributed by atoms with Gasteiger partial charge in [-0.3, -0.25) is 9.97 Å². The van der Waals surface area contributed by atoms with Gasteiger partial charge in [-0.1, -0.05) is 0 Å². The van der Waals surface area contributed by atoms with E-state index in [1.807, 2.05) is 0 Å². The van der Waals surface area contributed by atoms with Crippen LogP contribution in [0, 0.1) is 19.7 Å². The standard InChI is InChI=1S/C20H19FN8/c1-12-13(2)20(27-29-11-24-26-19(12)29)28-6-4-17-14(10-28)7-15(8-23-17)25-18-3-5-22-9-16(18)21/h3,5,7-9,11H,4,6,10H2,1-2H3,(H,22,25)/i6D2,10D2. The van der Waals surface area contributed by atoms with E-state index in [1.54, 1.807) is 13.8 Å². The highest BCUT2D eigenvalue weighted by Crippen LogP contribution is 2.29. The smallest absolute Gasteiger partial charge is 0.180 e. The zero-order valence-corrected chi connectivity index (χ0v) is 15.7. The largest absolute Gasteiger partial charge is 0.352 e. The minimum absolute atomic E-state index is 0.138. The number of pyridine rings is 2. The highest BCUT2D eigenvalue weighted by atomic mass is 19.1. The lowest BCUT2D eigenvalue weighted by Crippen LogP contribution is -2.32. The summed E-state index contributed by atoms with van der Waals surface area (Å²) in [6, 6.07) is 2.97. The van der Waals surface area contributed by atoms with E-state index < -0.39 is 18.8 Å². The molecule has 0 unspecified atom stereocenters. The molecular formula is C20H19FN8. The van der Waals surface area contributed by atoms with E-state index in [-0.39, 0.29) is 29.2 Å². The Bertz CT molecular complexity index is 1390. The maximum atomic E-state index is 14.0. The fourth-order valence-electron chi connectivity index (χ4n) is 3.15. The van der Waals surface area contributed by atoms with Gasteiger partial charge in [0.05, 0.1) is 26.5 Å². The second-order valence-corrected chi connectivity index (χ2v) is 6.65. The SMILES string of the molecule is [2H]C1([2H])Cc2ncc(Nc3ccncc3F)cc2C([2H])([2H])N1c1nn2cnnc2c(C)c1C. The van der Waals surface area contributed by atoms with E-state index in [0.29, 0.717) is 16.9 Å². The summed E-state index contributed by atoms with van der Waals surface area (Å²) in [6.45, 7) is -0.886. The van der Waals surface area contributed by atoms with Gasteiger partial charge in [-0.15, -0.1) is 15.3 Å². The Morgan fingerprint density at radius 3 is 3.00 bits per heavy atom. The van der Waals surface area contributed by atoms with Gasteiger partial charge in [0.2, 0.25) is 0 Å². The zero-order valence-electron chi connectivity index (χ0n) is 19.7. The van der Waals surface area contributed by atoms with Gasteiger partial charge in [0.15, 0.2) is 17.3 Å². The van der Waals surface area contributed by atoms with Crippen molar-refractivity contribution in [3.05, 3.63) is 65.3 Å². The first-order valence-electron chi connectivity index (χ1n) is 10.9. The molecular weight excluding hydrogens is 371 g/mol. The molecule has 1 aliphatic rings. The third kappa shape index (κ3) is 3.04. The van der Waals surface area contributed by atoms with Crippen LogP contribution in [-0.4, -0.2) is 36.3 Å². The van der Waals surface area contributed by atoms with E-state index in [9.17, 15) is 4.39 Å². The second-order valence-electron chi connectivity index (χ2n) is 6.65. The van der Waals surface area contributed by atoms with E-state index in [0.717, 1.165) is 16.7 Å². The summed E-state index contributed by atoms with van der Waals surface area (Å²) in [5, 5.41) is 15.2. The number of anilines is 3. The first kappa shape index (κ1) is 13.5. The fraction of sp³-hybridized carbons (Fsp3) is 0.250. The van der Waals surface area contributed by atoms with Gasteiger partial charge in [-0.05, 0) is 31.5 Å². The number of nitrogens with zero attached hydrogens (tertiary/aromatic N) is 7. The molecule has 0 aromatic carbocycles. The van der Waals surface area contributed by atoms with Gasteiger partial charge < -0.3 is 10.2 Å². The summed E-state index contributed by atoms with van der Waals surface area (Å²) in [7, 11) is 0. The molecule has 0 spiro atoms. The highest BCUT2D eigenvalue weighted by Gasteiger charge is 2.22. The molecule has 0 amide bonds. The number of fused-ring (bicyclic) bond motifs is 2. The molecule has 29 heavy (non-hydrogen) atoms. The van der Waals surface area contributed by atoms with E-state index in [1.165, 1.54) is 35.4 Å². The van der Waals surface area contributed by atoms with Crippen LogP contribution in [0.2, 0.25) is 0 Å². The van der Waals surface area contributed by atoms with Crippen LogP contribution >= 0.6 is 0 Å². The van der Waals surface area contributed by atoms with Crippen molar-refractivity contribution in [2.24, 2.45) is 0 Å². The highest BCUT2D eigenvalue weighted by molar-refractivity contribution is 5.62. The lowest BCUT2D eigenvalue weighted by Gasteiger charge is -2.30. The topological polar surface area (TPSA) is 84.1 Å². The lowest BCUT2D eigenvalue weighted by atomic mass is 10.0. The van der Waals surface area contributed by atoms with Crippen LogP contribution in [0.25, 0.3) is 5.65 Å². The van der Waals surface area contributed by atoms with Gasteiger partial charge in [0.1, 0.15) is 6.33 Å². The fourth-order valence-corrected chi connectivity index (χ4v) is 3.15. The molecule has 9 heteroatoms. The Labute approximate surface area is 172 Å². The zero-order chi connectivity index (χ0) is 23.5. The maximum Gasteiger partial charge on any atom is 0.180 e. The molecule has 5 rings (SSSR count). The van der Waals surface area contributed by atoms with Crippen molar-refractivity contribution in [3.63, 3.8) is 0 Å². The van der Waals surface area contributed by atoms with Crippen LogP contribution in [0.15, 0.2) is 37.1 Å². The van der Waals surface area contributed by atoms with Crippen LogP contribution < -0.4 is 10.2 Å². The average molecular weight is 394 g/mol. The number of nitrogens with one attached hydrogen (secondary N) is 1. The number of rotatable bonds is 3. The number of hydrogen-bond acceptors (Lipinski definition) is 7. The molecule has 8 nitrogen and oxygen atoms in total. The predicted molar refractivity (Wildman–Crippen MR) is 107 cm³/mol. The Balaban J connectivity index is 1.64. The average Bonchev–Trinajstić information content (AvgIpc) is 3.22. The molecule has 0 saturated carbocycles. The molecule has 0 aliphatic carbocycles. The number of halogens is 1. The maximum absolute atomic E-state index is 14.0. The summed E-state index contributed by atoms with van der Waals surface area (Å²) in [6.07, 6.45) is 5.16. The first-order chi connectivity index (χ1) is 15.6. The summed E-state index contributed by atoms with van der Waals surface area (Å²) < 4.78 is 50.6. The van der Waals surface area contributed by atoms with E-state index >= 15 is 0 Å². The van der Waals surface area contributed by atoms with Crippen LogP contribution in [-0.2, 0) is 12.9 Å². The molecule has 0 saturated heterocycles. The molecule has 0 radical (unpaired) electrons. The van der Waals surface area contributed by atoms with Crippen LogP contribution in [0.3, 0.4) is 0 Å². The number of hydrogen-bond donors (Lipinski definition) is 1. The molecule has 1 N–H and O–H groups in total. The summed E-state index contributed by atoms with van der Waals surface area (Å²) in [5.74, 6) is -0.423. The molecule has 0 atom stereocenters. The number of aryl methyl sites for hydroxylation is 2. The van der Waals surface area contributed by atoms with Gasteiger partial charge in [-0.25, -0.2) is 4.39 Å². The van der Waals surface area contributed by atoms with Crippen LogP contribution in [0.5, 0.6) is 0 Å². The third-order valence-electron chi connectivity index (χ3n) is 4.84. The lowest BCUT2D eigenvalue weighted by molar-refractivity contribution is 0.625. The quantitative estimate of drug-likeness (QED) is 0.572. The Morgan fingerprint density at radius 2 is 2.14 bits per heavy atom. The normalized spacial score (nSPS) is 19.1. The summed E-state index contributed by atoms with van der Waals surface area (Å²) in [4.78, 5) is 9.04. The molecule has 146 valence electrons. The molecule has 0 bridgehead atoms. The molecule has 5 heterocycles. The monoisotopic (exact) mass is 394 g/mol. The van der Waals surface area contributed by atoms with Gasteiger partial charge in [-0.2, -0.15) is 4.52 Å². The minimum atomic E-state index is -2.32. The second kappa shape index (κ2) is 6.77. The van der Waals surface area contributed by atoms with Crippen molar-refractivity contribution in [1.82, 2.24) is 29.8 Å². The Kier molecular flexibility index (Phi) is 3.16. The molecule has 1 aliphatic heterocycles. The minimum Gasteiger partial charge on any atom is -0.352 e. The van der Waals surface area contributed by atoms with Gasteiger partial charge in [0, 0.05) is 45.2 Å². The van der Waals surface area contributed by atoms with Gasteiger partial charge in [0.25, 0.3) is 0 Å². The van der Waals surface area contributed by atoms with Crippen LogP contribution in [0.4, 0.5) is 21.6 Å². The van der Waals surface area contributed by atoms with Crippen molar-refractivity contribution in [3.8, 4) is 0 Å². The predicted octanol–water partition coefficient (Wildman–Crippen LogP) is 2.98. The van der Waals surface area contributed by atoms with Gasteiger partial charge >= 0.3 is 0 Å². The third-order valence-corrected chi connectivity index (χ3v) is 4.84. The summed E-state index contributed by atoms with van der Waals surface area (Å²) >= 11 is 0. The van der Waals surface area contributed by atoms with E-state index in [2.05, 4.69) is 30.6 Å². The van der Waals surface area contributed by atoms with Crippen LogP contribution in [0.1, 0.15) is 27.9 Å². The Hall–Kier alpha value is -3.62. The van der Waals surface area contributed by atoms with Crippen molar-refractivity contribution < 1.29 is 9.87 Å². The van der Waals surface area contributed by atoms with Crippen molar-refractivity contribution >= 4 is 22.8 Å². The van der Waals surface area contributed by atoms with Crippen molar-refractivity contribution in [1.29, 1.82) is 0 Å². The first-order valence-corrected chi connectivity index (χ1v) is 8.93. The van der Waals surface area contributed by atoms with E-state index in [4.69, 9.17) is 5.48 Å². The molecule has 0 fully saturated rings. The molecule has 4 aromatic heterocycles. The van der Waals surface area contributed by atoms with Crippen molar-refractivity contribution in [2.45, 2.75) is 26.8 Å². The summed E-state index contributed by atoms with van der Waals surface area (Å²) in [5.41, 5.74) is 2.80.